The second-order valence-corrected chi connectivity index (χ2v) is 10.2. The average molecular weight is 506 g/mol. The van der Waals surface area contributed by atoms with E-state index in [1.165, 1.54) is 16.7 Å². The summed E-state index contributed by atoms with van der Waals surface area (Å²) in [4.78, 5) is 6.38. The number of halogens is 1. The van der Waals surface area contributed by atoms with Crippen LogP contribution in [-0.2, 0) is 6.42 Å². The fourth-order valence-corrected chi connectivity index (χ4v) is 5.64. The molecule has 0 saturated heterocycles. The fourth-order valence-electron chi connectivity index (χ4n) is 4.78. The second-order valence-electron chi connectivity index (χ2n) is 8.81. The molecule has 2 aromatic heterocycles. The van der Waals surface area contributed by atoms with E-state index in [1.54, 1.807) is 11.3 Å². The molecule has 0 radical (unpaired) electrons. The Hall–Kier alpha value is -3.66. The lowest BCUT2D eigenvalue weighted by atomic mass is 9.84. The minimum absolute atomic E-state index is 0.692. The number of thiophene rings is 1. The summed E-state index contributed by atoms with van der Waals surface area (Å²) in [5.41, 5.74) is 8.03. The van der Waals surface area contributed by atoms with E-state index in [9.17, 15) is 0 Å². The smallest absolute Gasteiger partial charge is 0.149 e. The van der Waals surface area contributed by atoms with E-state index in [4.69, 9.17) is 21.3 Å². The molecule has 0 atom stereocenters. The van der Waals surface area contributed by atoms with Crippen molar-refractivity contribution in [2.24, 2.45) is 0 Å². The van der Waals surface area contributed by atoms with Gasteiger partial charge in [0, 0.05) is 16.2 Å². The molecule has 1 aliphatic carbocycles. The number of hydrogen-bond donors (Lipinski definition) is 0. The molecule has 2 nitrogen and oxygen atoms in total. The Morgan fingerprint density at radius 3 is 2.19 bits per heavy atom. The van der Waals surface area contributed by atoms with Gasteiger partial charge in [-0.15, -0.1) is 11.3 Å². The maximum absolute atomic E-state index is 6.59. The first-order valence-electron chi connectivity index (χ1n) is 12.1. The Labute approximate surface area is 220 Å². The van der Waals surface area contributed by atoms with Crippen LogP contribution in [0.5, 0.6) is 5.75 Å². The molecule has 1 aliphatic rings. The summed E-state index contributed by atoms with van der Waals surface area (Å²) in [6.45, 7) is 0. The lowest BCUT2D eigenvalue weighted by Gasteiger charge is -2.25. The second kappa shape index (κ2) is 10.1. The maximum Gasteiger partial charge on any atom is 0.149 e. The summed E-state index contributed by atoms with van der Waals surface area (Å²) in [7, 11) is 0. The van der Waals surface area contributed by atoms with E-state index in [-0.39, 0.29) is 0 Å². The van der Waals surface area contributed by atoms with Crippen LogP contribution in [-0.4, -0.2) is 4.98 Å². The number of rotatable bonds is 5. The van der Waals surface area contributed by atoms with Gasteiger partial charge in [-0.2, -0.15) is 0 Å². The number of fused-ring (bicyclic) bond motifs is 1. The van der Waals surface area contributed by atoms with E-state index >= 15 is 0 Å². The zero-order chi connectivity index (χ0) is 24.3. The molecule has 0 bridgehead atoms. The van der Waals surface area contributed by atoms with Crippen molar-refractivity contribution in [3.8, 4) is 28.1 Å². The summed E-state index contributed by atoms with van der Waals surface area (Å²) in [5, 5.41) is 2.78. The van der Waals surface area contributed by atoms with Crippen molar-refractivity contribution in [2.45, 2.75) is 19.3 Å². The predicted molar refractivity (Wildman–Crippen MR) is 151 cm³/mol. The van der Waals surface area contributed by atoms with Crippen LogP contribution in [0.1, 0.15) is 29.0 Å². The van der Waals surface area contributed by atoms with Crippen LogP contribution >= 0.6 is 22.9 Å². The molecule has 5 aromatic rings. The van der Waals surface area contributed by atoms with Crippen molar-refractivity contribution < 1.29 is 4.74 Å². The van der Waals surface area contributed by atoms with Crippen LogP contribution in [0.3, 0.4) is 0 Å². The number of nitrogens with zero attached hydrogens (tertiary/aromatic N) is 1. The third-order valence-electron chi connectivity index (χ3n) is 6.47. The highest BCUT2D eigenvalue weighted by atomic mass is 35.5. The Kier molecular flexibility index (Phi) is 6.42. The lowest BCUT2D eigenvalue weighted by molar-refractivity contribution is 0.515. The van der Waals surface area contributed by atoms with Crippen LogP contribution < -0.4 is 4.74 Å². The van der Waals surface area contributed by atoms with Crippen LogP contribution in [0.25, 0.3) is 33.7 Å². The number of benzene rings is 3. The molecule has 176 valence electrons. The number of ether oxygens (including phenoxy) is 1. The third-order valence-corrected chi connectivity index (χ3v) is 7.59. The first kappa shape index (κ1) is 22.8. The molecule has 0 N–H and O–H groups in total. The van der Waals surface area contributed by atoms with Gasteiger partial charge >= 0.3 is 0 Å². The lowest BCUT2D eigenvalue weighted by Crippen LogP contribution is -2.11. The van der Waals surface area contributed by atoms with Crippen molar-refractivity contribution >= 4 is 34.3 Å². The van der Waals surface area contributed by atoms with Crippen molar-refractivity contribution in [2.75, 3.05) is 0 Å². The molecule has 0 amide bonds. The molecular weight excluding hydrogens is 482 g/mol. The van der Waals surface area contributed by atoms with E-state index in [0.29, 0.717) is 5.02 Å². The Morgan fingerprint density at radius 1 is 0.778 bits per heavy atom. The monoisotopic (exact) mass is 505 g/mol. The molecule has 0 unspecified atom stereocenters. The van der Waals surface area contributed by atoms with Crippen LogP contribution in [0.4, 0.5) is 0 Å². The van der Waals surface area contributed by atoms with E-state index in [1.807, 2.05) is 30.3 Å². The van der Waals surface area contributed by atoms with Crippen LogP contribution in [0.15, 0.2) is 109 Å². The first-order chi connectivity index (χ1) is 17.8. The predicted octanol–water partition coefficient (Wildman–Crippen LogP) is 9.41. The number of hydrogen-bond acceptors (Lipinski definition) is 3. The summed E-state index contributed by atoms with van der Waals surface area (Å²) in [6, 6.07) is 35.1. The highest BCUT2D eigenvalue weighted by molar-refractivity contribution is 7.11. The minimum atomic E-state index is 0.692. The Balaban J connectivity index is 1.60. The van der Waals surface area contributed by atoms with Gasteiger partial charge in [0.25, 0.3) is 0 Å². The van der Waals surface area contributed by atoms with E-state index in [2.05, 4.69) is 78.2 Å². The number of pyridine rings is 1. The molecule has 6 rings (SSSR count). The van der Waals surface area contributed by atoms with Gasteiger partial charge in [0.15, 0.2) is 0 Å². The molecule has 36 heavy (non-hydrogen) atoms. The van der Waals surface area contributed by atoms with Crippen molar-refractivity contribution in [1.82, 2.24) is 4.98 Å². The third kappa shape index (κ3) is 4.60. The van der Waals surface area contributed by atoms with Crippen molar-refractivity contribution in [3.05, 3.63) is 130 Å². The molecule has 4 heteroatoms. The maximum atomic E-state index is 6.59. The number of aromatic nitrogens is 1. The normalized spacial score (nSPS) is 14.2. The van der Waals surface area contributed by atoms with Crippen molar-refractivity contribution in [1.29, 1.82) is 0 Å². The highest BCUT2D eigenvalue weighted by Gasteiger charge is 2.26. The molecular formula is C32H24ClNOS. The van der Waals surface area contributed by atoms with E-state index < -0.39 is 0 Å². The van der Waals surface area contributed by atoms with Crippen LogP contribution in [0.2, 0.25) is 5.02 Å². The first-order valence-corrected chi connectivity index (χ1v) is 13.4. The van der Waals surface area contributed by atoms with Crippen molar-refractivity contribution in [3.63, 3.8) is 0 Å². The summed E-state index contributed by atoms with van der Waals surface area (Å²) in [6.07, 6.45) is 2.95. The molecule has 0 saturated carbocycles. The Morgan fingerprint density at radius 2 is 1.50 bits per heavy atom. The largest absolute Gasteiger partial charge is 0.456 e. The fraction of sp³-hybridized carbons (Fsp3) is 0.0938. The van der Waals surface area contributed by atoms with Gasteiger partial charge in [-0.25, -0.2) is 4.98 Å². The topological polar surface area (TPSA) is 22.1 Å². The number of allylic oxidation sites excluding steroid dienone is 1. The molecule has 3 aromatic carbocycles. The van der Waals surface area contributed by atoms with Gasteiger partial charge in [0.05, 0.1) is 16.3 Å². The summed E-state index contributed by atoms with van der Waals surface area (Å²) < 4.78 is 6.59. The standard InChI is InChI=1S/C32H24ClNOS/c33-24-16-18-25(19-17-24)35-32(30-15-8-20-36-30)27-14-7-13-26-28(22-9-3-1-4-10-22)21-29(34-31(26)27)23-11-5-2-6-12-23/h1-6,8-12,15-21H,7,13-14H2. The quantitative estimate of drug-likeness (QED) is 0.222. The zero-order valence-corrected chi connectivity index (χ0v) is 21.2. The molecule has 0 fully saturated rings. The van der Waals surface area contributed by atoms with Gasteiger partial charge in [0.2, 0.25) is 0 Å². The average Bonchev–Trinajstić information content (AvgIpc) is 3.48. The van der Waals surface area contributed by atoms with Gasteiger partial charge in [-0.05, 0) is 77.7 Å². The molecule has 0 spiro atoms. The summed E-state index contributed by atoms with van der Waals surface area (Å²) >= 11 is 7.83. The minimum Gasteiger partial charge on any atom is -0.456 e. The molecule has 2 heterocycles. The summed E-state index contributed by atoms with van der Waals surface area (Å²) in [5.74, 6) is 1.65. The highest BCUT2D eigenvalue weighted by Crippen LogP contribution is 2.42. The van der Waals surface area contributed by atoms with Gasteiger partial charge < -0.3 is 4.74 Å². The van der Waals surface area contributed by atoms with Crippen LogP contribution in [0, 0.1) is 0 Å². The van der Waals surface area contributed by atoms with Gasteiger partial charge in [-0.1, -0.05) is 78.3 Å². The molecule has 0 aliphatic heterocycles. The zero-order valence-electron chi connectivity index (χ0n) is 19.7. The van der Waals surface area contributed by atoms with Gasteiger partial charge in [0.1, 0.15) is 11.5 Å². The van der Waals surface area contributed by atoms with Gasteiger partial charge in [-0.3, -0.25) is 0 Å². The SMILES string of the molecule is Clc1ccc(OC(=C2CCCc3c(-c4ccccc4)cc(-c4ccccc4)nc32)c2cccs2)cc1. The van der Waals surface area contributed by atoms with E-state index in [0.717, 1.165) is 58.2 Å². The Bertz CT molecular complexity index is 1510.